The highest BCUT2D eigenvalue weighted by atomic mass is 79.9. The Labute approximate surface area is 136 Å². The lowest BCUT2D eigenvalue weighted by molar-refractivity contribution is -0.113. The smallest absolute Gasteiger partial charge is 0.234 e. The average Bonchev–Trinajstić information content (AvgIpc) is 2.40. The Balaban J connectivity index is 1.94. The van der Waals surface area contributed by atoms with Crippen LogP contribution in [-0.4, -0.2) is 11.7 Å². The van der Waals surface area contributed by atoms with E-state index in [-0.39, 0.29) is 5.91 Å². The molecule has 5 heteroatoms. The van der Waals surface area contributed by atoms with Crippen molar-refractivity contribution >= 4 is 50.9 Å². The number of carbonyl (C=O) groups excluding carboxylic acids is 1. The van der Waals surface area contributed by atoms with Gasteiger partial charge in [0.2, 0.25) is 5.91 Å². The van der Waals surface area contributed by atoms with Crippen molar-refractivity contribution in [1.82, 2.24) is 0 Å². The zero-order valence-corrected chi connectivity index (χ0v) is 14.0. The van der Waals surface area contributed by atoms with Gasteiger partial charge in [0.1, 0.15) is 0 Å². The molecule has 2 aromatic rings. The van der Waals surface area contributed by atoms with E-state index < -0.39 is 0 Å². The number of aryl methyl sites for hydroxylation is 1. The predicted molar refractivity (Wildman–Crippen MR) is 89.7 cm³/mol. The van der Waals surface area contributed by atoms with Gasteiger partial charge in [-0.3, -0.25) is 4.79 Å². The van der Waals surface area contributed by atoms with Crippen LogP contribution in [0.4, 0.5) is 5.69 Å². The fraction of sp³-hybridized carbons (Fsp3) is 0.133. The second-order valence-electron chi connectivity index (χ2n) is 4.23. The van der Waals surface area contributed by atoms with Gasteiger partial charge < -0.3 is 5.32 Å². The summed E-state index contributed by atoms with van der Waals surface area (Å²) in [6.45, 7) is 2.03. The molecule has 0 atom stereocenters. The second-order valence-corrected chi connectivity index (χ2v) is 6.57. The molecular formula is C15H13BrClNOS. The van der Waals surface area contributed by atoms with Crippen LogP contribution in [0.25, 0.3) is 0 Å². The van der Waals surface area contributed by atoms with Gasteiger partial charge in [0.25, 0.3) is 0 Å². The van der Waals surface area contributed by atoms with Crippen LogP contribution in [0.5, 0.6) is 0 Å². The number of hydrogen-bond donors (Lipinski definition) is 1. The van der Waals surface area contributed by atoms with E-state index in [1.54, 1.807) is 12.1 Å². The van der Waals surface area contributed by atoms with Gasteiger partial charge >= 0.3 is 0 Å². The molecule has 0 spiro atoms. The summed E-state index contributed by atoms with van der Waals surface area (Å²) < 4.78 is 1.04. The van der Waals surface area contributed by atoms with Crippen molar-refractivity contribution in [3.8, 4) is 0 Å². The molecule has 0 aliphatic heterocycles. The third kappa shape index (κ3) is 4.27. The second kappa shape index (κ2) is 7.16. The zero-order chi connectivity index (χ0) is 14.5. The molecule has 0 radical (unpaired) electrons. The van der Waals surface area contributed by atoms with Gasteiger partial charge in [0, 0.05) is 9.37 Å². The first-order valence-corrected chi connectivity index (χ1v) is 8.15. The topological polar surface area (TPSA) is 29.1 Å². The predicted octanol–water partition coefficient (Wildman–Crippen LogP) is 5.14. The van der Waals surface area contributed by atoms with E-state index in [4.69, 9.17) is 11.6 Å². The highest BCUT2D eigenvalue weighted by Gasteiger charge is 2.07. The van der Waals surface area contributed by atoms with Crippen LogP contribution < -0.4 is 5.32 Å². The third-order valence-corrected chi connectivity index (χ3v) is 4.64. The minimum atomic E-state index is -0.0644. The lowest BCUT2D eigenvalue weighted by Gasteiger charge is -2.08. The summed E-state index contributed by atoms with van der Waals surface area (Å²) in [5, 5.41) is 3.36. The SMILES string of the molecule is Cc1cc(Br)ccc1SCC(=O)Nc1ccccc1Cl. The fourth-order valence-electron chi connectivity index (χ4n) is 1.67. The molecule has 0 unspecified atom stereocenters. The van der Waals surface area contributed by atoms with E-state index in [9.17, 15) is 4.79 Å². The highest BCUT2D eigenvalue weighted by Crippen LogP contribution is 2.26. The molecule has 1 amide bonds. The maximum Gasteiger partial charge on any atom is 0.234 e. The van der Waals surface area contributed by atoms with E-state index in [0.29, 0.717) is 16.5 Å². The number of thioether (sulfide) groups is 1. The number of amides is 1. The molecule has 0 aliphatic rings. The van der Waals surface area contributed by atoms with E-state index >= 15 is 0 Å². The number of halogens is 2. The quantitative estimate of drug-likeness (QED) is 0.755. The molecule has 2 rings (SSSR count). The van der Waals surface area contributed by atoms with Crippen molar-refractivity contribution in [2.45, 2.75) is 11.8 Å². The van der Waals surface area contributed by atoms with Crippen molar-refractivity contribution in [1.29, 1.82) is 0 Å². The molecule has 0 fully saturated rings. The van der Waals surface area contributed by atoms with Gasteiger partial charge in [-0.05, 0) is 42.8 Å². The summed E-state index contributed by atoms with van der Waals surface area (Å²) in [7, 11) is 0. The van der Waals surface area contributed by atoms with Crippen molar-refractivity contribution in [3.63, 3.8) is 0 Å². The lowest BCUT2D eigenvalue weighted by Crippen LogP contribution is -2.14. The van der Waals surface area contributed by atoms with Gasteiger partial charge in [0.15, 0.2) is 0 Å². The fourth-order valence-corrected chi connectivity index (χ4v) is 3.14. The van der Waals surface area contributed by atoms with Crippen LogP contribution >= 0.6 is 39.3 Å². The third-order valence-electron chi connectivity index (χ3n) is 2.64. The molecular weight excluding hydrogens is 358 g/mol. The Morgan fingerprint density at radius 3 is 2.75 bits per heavy atom. The number of nitrogens with one attached hydrogen (secondary N) is 1. The number of carbonyl (C=O) groups is 1. The molecule has 104 valence electrons. The summed E-state index contributed by atoms with van der Waals surface area (Å²) in [6, 6.07) is 13.2. The number of benzene rings is 2. The van der Waals surface area contributed by atoms with E-state index in [1.165, 1.54) is 11.8 Å². The van der Waals surface area contributed by atoms with Crippen LogP contribution in [0.1, 0.15) is 5.56 Å². The van der Waals surface area contributed by atoms with Crippen molar-refractivity contribution < 1.29 is 4.79 Å². The van der Waals surface area contributed by atoms with Gasteiger partial charge in [-0.25, -0.2) is 0 Å². The first kappa shape index (κ1) is 15.4. The van der Waals surface area contributed by atoms with Crippen LogP contribution in [0.15, 0.2) is 51.8 Å². The molecule has 2 nitrogen and oxygen atoms in total. The Bertz CT molecular complexity index is 633. The first-order chi connectivity index (χ1) is 9.56. The maximum atomic E-state index is 11.9. The number of anilines is 1. The summed E-state index contributed by atoms with van der Waals surface area (Å²) in [4.78, 5) is 13.0. The van der Waals surface area contributed by atoms with E-state index in [1.807, 2.05) is 37.3 Å². The molecule has 0 heterocycles. The standard InChI is InChI=1S/C15H13BrClNOS/c1-10-8-11(16)6-7-14(10)20-9-15(19)18-13-5-3-2-4-12(13)17/h2-8H,9H2,1H3,(H,18,19). The van der Waals surface area contributed by atoms with Gasteiger partial charge in [-0.1, -0.05) is 39.7 Å². The van der Waals surface area contributed by atoms with Crippen LogP contribution in [-0.2, 0) is 4.79 Å². The van der Waals surface area contributed by atoms with Crippen molar-refractivity contribution in [2.75, 3.05) is 11.1 Å². The molecule has 0 saturated carbocycles. The Hall–Kier alpha value is -0.970. The molecule has 0 aromatic heterocycles. The molecule has 20 heavy (non-hydrogen) atoms. The summed E-state index contributed by atoms with van der Waals surface area (Å²) in [5.74, 6) is 0.290. The number of rotatable bonds is 4. The largest absolute Gasteiger partial charge is 0.324 e. The molecule has 1 N–H and O–H groups in total. The number of hydrogen-bond acceptors (Lipinski definition) is 2. The highest BCUT2D eigenvalue weighted by molar-refractivity contribution is 9.10. The van der Waals surface area contributed by atoms with Crippen LogP contribution in [0, 0.1) is 6.92 Å². The normalized spacial score (nSPS) is 10.3. The van der Waals surface area contributed by atoms with Gasteiger partial charge in [0.05, 0.1) is 16.5 Å². The average molecular weight is 371 g/mol. The first-order valence-electron chi connectivity index (χ1n) is 5.99. The lowest BCUT2D eigenvalue weighted by atomic mass is 10.2. The Kier molecular flexibility index (Phi) is 5.52. The Morgan fingerprint density at radius 1 is 1.30 bits per heavy atom. The molecule has 0 aliphatic carbocycles. The number of para-hydroxylation sites is 1. The van der Waals surface area contributed by atoms with E-state index in [0.717, 1.165) is 14.9 Å². The van der Waals surface area contributed by atoms with Crippen molar-refractivity contribution in [2.24, 2.45) is 0 Å². The van der Waals surface area contributed by atoms with Gasteiger partial charge in [-0.15, -0.1) is 11.8 Å². The van der Waals surface area contributed by atoms with Gasteiger partial charge in [-0.2, -0.15) is 0 Å². The molecule has 0 saturated heterocycles. The van der Waals surface area contributed by atoms with E-state index in [2.05, 4.69) is 21.2 Å². The summed E-state index contributed by atoms with van der Waals surface area (Å²) in [5.41, 5.74) is 1.79. The Morgan fingerprint density at radius 2 is 2.05 bits per heavy atom. The van der Waals surface area contributed by atoms with Crippen LogP contribution in [0.3, 0.4) is 0 Å². The van der Waals surface area contributed by atoms with Crippen LogP contribution in [0.2, 0.25) is 5.02 Å². The van der Waals surface area contributed by atoms with Crippen molar-refractivity contribution in [3.05, 3.63) is 57.5 Å². The monoisotopic (exact) mass is 369 g/mol. The maximum absolute atomic E-state index is 11.9. The minimum Gasteiger partial charge on any atom is -0.324 e. The zero-order valence-electron chi connectivity index (χ0n) is 10.8. The molecule has 0 bridgehead atoms. The summed E-state index contributed by atoms with van der Waals surface area (Å²) in [6.07, 6.45) is 0. The minimum absolute atomic E-state index is 0.0644. The summed E-state index contributed by atoms with van der Waals surface area (Å²) >= 11 is 10.9. The molecule has 2 aromatic carbocycles.